The van der Waals surface area contributed by atoms with Crippen LogP contribution in [0.5, 0.6) is 0 Å². The van der Waals surface area contributed by atoms with E-state index in [4.69, 9.17) is 5.11 Å². The van der Waals surface area contributed by atoms with Crippen LogP contribution >= 0.6 is 11.3 Å². The number of nitrogens with zero attached hydrogens (tertiary/aromatic N) is 1. The van der Waals surface area contributed by atoms with Gasteiger partial charge in [0.1, 0.15) is 4.88 Å². The Labute approximate surface area is 108 Å². The van der Waals surface area contributed by atoms with E-state index in [1.54, 1.807) is 6.07 Å². The van der Waals surface area contributed by atoms with Gasteiger partial charge in [-0.25, -0.2) is 4.79 Å². The molecule has 0 fully saturated rings. The van der Waals surface area contributed by atoms with Gasteiger partial charge in [-0.05, 0) is 12.1 Å². The molecule has 0 bridgehead atoms. The smallest absolute Gasteiger partial charge is 0.433 e. The van der Waals surface area contributed by atoms with E-state index < -0.39 is 27.6 Å². The lowest BCUT2D eigenvalue weighted by molar-refractivity contribution is -0.142. The summed E-state index contributed by atoms with van der Waals surface area (Å²) in [7, 11) is 0. The summed E-state index contributed by atoms with van der Waals surface area (Å²) in [5, 5.41) is 8.77. The van der Waals surface area contributed by atoms with Crippen molar-refractivity contribution in [3.8, 4) is 5.69 Å². The number of para-hydroxylation sites is 1. The van der Waals surface area contributed by atoms with Gasteiger partial charge in [-0.2, -0.15) is 13.2 Å². The number of thiazole rings is 1. The fraction of sp³-hybridized carbons (Fsp3) is 0.0909. The van der Waals surface area contributed by atoms with E-state index in [-0.39, 0.29) is 17.0 Å². The average molecular weight is 289 g/mol. The van der Waals surface area contributed by atoms with Gasteiger partial charge in [-0.1, -0.05) is 29.5 Å². The molecule has 19 heavy (non-hydrogen) atoms. The number of hydrogen-bond donors (Lipinski definition) is 1. The molecule has 8 heteroatoms. The van der Waals surface area contributed by atoms with Crippen LogP contribution in [0.2, 0.25) is 0 Å². The molecule has 1 heterocycles. The Hall–Kier alpha value is -2.09. The minimum absolute atomic E-state index is 0.0245. The third kappa shape index (κ3) is 2.39. The molecule has 0 saturated carbocycles. The third-order valence-corrected chi connectivity index (χ3v) is 3.22. The van der Waals surface area contributed by atoms with Gasteiger partial charge >= 0.3 is 17.0 Å². The third-order valence-electron chi connectivity index (χ3n) is 2.29. The van der Waals surface area contributed by atoms with Crippen molar-refractivity contribution in [2.75, 3.05) is 0 Å². The van der Waals surface area contributed by atoms with Crippen molar-refractivity contribution in [2.24, 2.45) is 0 Å². The highest BCUT2D eigenvalue weighted by atomic mass is 32.1. The van der Waals surface area contributed by atoms with E-state index in [0.717, 1.165) is 0 Å². The van der Waals surface area contributed by atoms with E-state index in [1.165, 1.54) is 24.3 Å². The number of carbonyl (C=O) groups is 1. The Morgan fingerprint density at radius 3 is 2.26 bits per heavy atom. The Morgan fingerprint density at radius 2 is 1.79 bits per heavy atom. The lowest BCUT2D eigenvalue weighted by Gasteiger charge is -2.11. The zero-order valence-corrected chi connectivity index (χ0v) is 9.96. The number of carboxylic acids is 1. The molecule has 0 unspecified atom stereocenters. The molecule has 0 aliphatic carbocycles. The fourth-order valence-corrected chi connectivity index (χ4v) is 2.44. The van der Waals surface area contributed by atoms with Crippen LogP contribution in [0.4, 0.5) is 13.2 Å². The summed E-state index contributed by atoms with van der Waals surface area (Å²) in [6, 6.07) is 7.09. The van der Waals surface area contributed by atoms with Crippen LogP contribution < -0.4 is 4.87 Å². The predicted octanol–water partition coefficient (Wildman–Crippen LogP) is 2.62. The number of aromatic nitrogens is 1. The van der Waals surface area contributed by atoms with Gasteiger partial charge in [0, 0.05) is 0 Å². The van der Waals surface area contributed by atoms with Crippen LogP contribution in [-0.2, 0) is 6.18 Å². The van der Waals surface area contributed by atoms with Gasteiger partial charge in [-0.3, -0.25) is 9.36 Å². The van der Waals surface area contributed by atoms with Crippen LogP contribution in [0.25, 0.3) is 5.69 Å². The van der Waals surface area contributed by atoms with Gasteiger partial charge in [-0.15, -0.1) is 0 Å². The second-order valence-electron chi connectivity index (χ2n) is 3.52. The van der Waals surface area contributed by atoms with Gasteiger partial charge in [0.2, 0.25) is 0 Å². The molecule has 0 aliphatic heterocycles. The summed E-state index contributed by atoms with van der Waals surface area (Å²) >= 11 is 0.0587. The summed E-state index contributed by atoms with van der Waals surface area (Å²) < 4.78 is 39.2. The van der Waals surface area contributed by atoms with Gasteiger partial charge in [0.05, 0.1) is 5.69 Å². The molecule has 1 aromatic heterocycles. The van der Waals surface area contributed by atoms with Gasteiger partial charge < -0.3 is 5.11 Å². The van der Waals surface area contributed by atoms with Crippen molar-refractivity contribution in [3.63, 3.8) is 0 Å². The molecule has 1 N–H and O–H groups in total. The van der Waals surface area contributed by atoms with Crippen LogP contribution in [0, 0.1) is 0 Å². The molecule has 0 atom stereocenters. The number of alkyl halides is 3. The molecule has 0 spiro atoms. The molecule has 0 amide bonds. The normalized spacial score (nSPS) is 11.5. The highest BCUT2D eigenvalue weighted by Crippen LogP contribution is 2.34. The van der Waals surface area contributed by atoms with Crippen molar-refractivity contribution in [1.82, 2.24) is 4.57 Å². The summed E-state index contributed by atoms with van der Waals surface area (Å²) in [6.45, 7) is 0. The summed E-state index contributed by atoms with van der Waals surface area (Å²) in [6.07, 6.45) is -4.93. The standard InChI is InChI=1S/C11H6F3NO3S/c12-11(13,14)8-7(9(16)17)19-10(18)15(8)6-4-2-1-3-5-6/h1-5H,(H,16,17). The summed E-state index contributed by atoms with van der Waals surface area (Å²) in [5.41, 5.74) is -1.48. The molecule has 1 aromatic carbocycles. The van der Waals surface area contributed by atoms with Crippen LogP contribution in [0.3, 0.4) is 0 Å². The fourth-order valence-electron chi connectivity index (χ4n) is 1.59. The number of carboxylic acid groups (broad SMARTS) is 1. The van der Waals surface area contributed by atoms with Crippen molar-refractivity contribution < 1.29 is 23.1 Å². The Kier molecular flexibility index (Phi) is 3.19. The maximum absolute atomic E-state index is 13.0. The first-order chi connectivity index (χ1) is 8.82. The monoisotopic (exact) mass is 289 g/mol. The molecule has 100 valence electrons. The van der Waals surface area contributed by atoms with Crippen molar-refractivity contribution >= 4 is 17.3 Å². The quantitative estimate of drug-likeness (QED) is 0.924. The second kappa shape index (κ2) is 4.54. The minimum atomic E-state index is -4.93. The number of aromatic carboxylic acids is 1. The SMILES string of the molecule is O=C(O)c1sc(=O)n(-c2ccccc2)c1C(F)(F)F. The molecule has 2 rings (SSSR count). The lowest BCUT2D eigenvalue weighted by Crippen LogP contribution is -2.21. The zero-order chi connectivity index (χ0) is 14.2. The number of halogens is 3. The molecule has 2 aromatic rings. The van der Waals surface area contributed by atoms with Crippen molar-refractivity contribution in [1.29, 1.82) is 0 Å². The maximum Gasteiger partial charge on any atom is 0.433 e. The van der Waals surface area contributed by atoms with E-state index in [1.807, 2.05) is 0 Å². The average Bonchev–Trinajstić information content (AvgIpc) is 2.68. The van der Waals surface area contributed by atoms with E-state index in [9.17, 15) is 22.8 Å². The molecular weight excluding hydrogens is 283 g/mol. The number of benzene rings is 1. The molecule has 0 saturated heterocycles. The Morgan fingerprint density at radius 1 is 1.21 bits per heavy atom. The van der Waals surface area contributed by atoms with E-state index in [0.29, 0.717) is 4.57 Å². The highest BCUT2D eigenvalue weighted by Gasteiger charge is 2.41. The van der Waals surface area contributed by atoms with Crippen molar-refractivity contribution in [2.45, 2.75) is 6.18 Å². The molecule has 0 aliphatic rings. The van der Waals surface area contributed by atoms with Crippen LogP contribution in [0.1, 0.15) is 15.4 Å². The number of hydrogen-bond acceptors (Lipinski definition) is 3. The molecule has 4 nitrogen and oxygen atoms in total. The lowest BCUT2D eigenvalue weighted by atomic mass is 10.3. The predicted molar refractivity (Wildman–Crippen MR) is 61.9 cm³/mol. The van der Waals surface area contributed by atoms with Gasteiger partial charge in [0.25, 0.3) is 0 Å². The van der Waals surface area contributed by atoms with E-state index >= 15 is 0 Å². The topological polar surface area (TPSA) is 59.3 Å². The minimum Gasteiger partial charge on any atom is -0.477 e. The first kappa shape index (κ1) is 13.3. The van der Waals surface area contributed by atoms with E-state index in [2.05, 4.69) is 0 Å². The summed E-state index contributed by atoms with van der Waals surface area (Å²) in [5.74, 6) is -1.77. The largest absolute Gasteiger partial charge is 0.477 e. The molecular formula is C11H6F3NO3S. The van der Waals surface area contributed by atoms with Crippen LogP contribution in [-0.4, -0.2) is 15.6 Å². The second-order valence-corrected chi connectivity index (χ2v) is 4.48. The first-order valence-corrected chi connectivity index (χ1v) is 5.76. The van der Waals surface area contributed by atoms with Crippen LogP contribution in [0.15, 0.2) is 35.1 Å². The summed E-state index contributed by atoms with van der Waals surface area (Å²) in [4.78, 5) is 20.5. The zero-order valence-electron chi connectivity index (χ0n) is 9.14. The van der Waals surface area contributed by atoms with Crippen molar-refractivity contribution in [3.05, 3.63) is 50.6 Å². The first-order valence-electron chi connectivity index (χ1n) is 4.94. The number of rotatable bonds is 2. The maximum atomic E-state index is 13.0. The molecule has 0 radical (unpaired) electrons. The Balaban J connectivity index is 2.82. The van der Waals surface area contributed by atoms with Gasteiger partial charge in [0.15, 0.2) is 5.69 Å². The Bertz CT molecular complexity index is 673. The highest BCUT2D eigenvalue weighted by molar-refractivity contribution is 7.11.